The van der Waals surface area contributed by atoms with Crippen LogP contribution in [-0.2, 0) is 17.9 Å². The fourth-order valence-corrected chi connectivity index (χ4v) is 3.21. The number of aromatic nitrogens is 4. The number of anilines is 1. The van der Waals surface area contributed by atoms with Crippen LogP contribution < -0.4 is 5.32 Å². The Morgan fingerprint density at radius 2 is 1.97 bits per heavy atom. The summed E-state index contributed by atoms with van der Waals surface area (Å²) in [5, 5.41) is 24.2. The van der Waals surface area contributed by atoms with Crippen LogP contribution in [0.2, 0.25) is 0 Å². The molecule has 0 bridgehead atoms. The molecule has 0 radical (unpaired) electrons. The molecule has 29 heavy (non-hydrogen) atoms. The fraction of sp³-hybridized carbons (Fsp3) is 0.150. The van der Waals surface area contributed by atoms with Crippen molar-refractivity contribution in [1.29, 1.82) is 0 Å². The van der Waals surface area contributed by atoms with Gasteiger partial charge in [-0.05, 0) is 23.3 Å². The first-order valence-corrected chi connectivity index (χ1v) is 8.98. The number of hydrogen-bond acceptors (Lipinski definition) is 5. The highest BCUT2D eigenvalue weighted by atomic mass is 16.6. The lowest BCUT2D eigenvalue weighted by molar-refractivity contribution is -0.385. The van der Waals surface area contributed by atoms with Crippen LogP contribution in [0, 0.1) is 17.0 Å². The van der Waals surface area contributed by atoms with Gasteiger partial charge in [0.1, 0.15) is 18.4 Å². The van der Waals surface area contributed by atoms with E-state index in [1.807, 2.05) is 18.2 Å². The minimum absolute atomic E-state index is 0.114. The van der Waals surface area contributed by atoms with Crippen LogP contribution in [-0.4, -0.2) is 30.4 Å². The second-order valence-corrected chi connectivity index (χ2v) is 6.61. The molecule has 0 saturated heterocycles. The largest absolute Gasteiger partial charge is 0.309 e. The van der Waals surface area contributed by atoms with Gasteiger partial charge < -0.3 is 5.32 Å². The van der Waals surface area contributed by atoms with Crippen molar-refractivity contribution < 1.29 is 9.72 Å². The van der Waals surface area contributed by atoms with Gasteiger partial charge in [-0.25, -0.2) is 0 Å². The number of nitro groups is 1. The normalized spacial score (nSPS) is 10.9. The minimum atomic E-state index is -0.522. The number of nitrogens with one attached hydrogen (secondary N) is 1. The van der Waals surface area contributed by atoms with Gasteiger partial charge in [-0.15, -0.1) is 0 Å². The molecule has 1 amide bonds. The molecule has 9 heteroatoms. The van der Waals surface area contributed by atoms with E-state index in [9.17, 15) is 14.9 Å². The Morgan fingerprint density at radius 3 is 2.76 bits per heavy atom. The summed E-state index contributed by atoms with van der Waals surface area (Å²) in [4.78, 5) is 22.6. The average Bonchev–Trinajstić information content (AvgIpc) is 3.29. The van der Waals surface area contributed by atoms with E-state index >= 15 is 0 Å². The molecule has 0 aliphatic rings. The van der Waals surface area contributed by atoms with Gasteiger partial charge in [0.2, 0.25) is 5.91 Å². The van der Waals surface area contributed by atoms with Crippen molar-refractivity contribution in [2.45, 2.75) is 20.0 Å². The smallest absolute Gasteiger partial charge is 0.308 e. The standard InChI is InChI=1S/C20H18N6O3/c1-14-18(26(28)29)11-21-25(14)13-20(27)22-19-9-10-24(23-19)12-16-7-4-6-15-5-2-3-8-17(15)16/h2-11H,12-13H2,1H3,(H,22,23,27). The van der Waals surface area contributed by atoms with Gasteiger partial charge >= 0.3 is 5.69 Å². The Labute approximate surface area is 165 Å². The number of hydrogen-bond donors (Lipinski definition) is 1. The van der Waals surface area contributed by atoms with E-state index in [-0.39, 0.29) is 18.1 Å². The van der Waals surface area contributed by atoms with Crippen LogP contribution in [0.1, 0.15) is 11.3 Å². The highest BCUT2D eigenvalue weighted by Gasteiger charge is 2.18. The molecular weight excluding hydrogens is 372 g/mol. The Morgan fingerprint density at radius 1 is 1.17 bits per heavy atom. The van der Waals surface area contributed by atoms with Gasteiger partial charge in [-0.1, -0.05) is 42.5 Å². The van der Waals surface area contributed by atoms with Gasteiger partial charge in [0.15, 0.2) is 5.82 Å². The molecule has 0 saturated carbocycles. The van der Waals surface area contributed by atoms with Gasteiger partial charge in [0.25, 0.3) is 0 Å². The molecular formula is C20H18N6O3. The summed E-state index contributed by atoms with van der Waals surface area (Å²) in [5.74, 6) is 0.0519. The van der Waals surface area contributed by atoms with E-state index < -0.39 is 4.92 Å². The second-order valence-electron chi connectivity index (χ2n) is 6.61. The molecule has 0 atom stereocenters. The molecule has 1 N–H and O–H groups in total. The van der Waals surface area contributed by atoms with Gasteiger partial charge in [0.05, 0.1) is 11.5 Å². The van der Waals surface area contributed by atoms with Crippen LogP contribution in [0.4, 0.5) is 11.5 Å². The third-order valence-electron chi connectivity index (χ3n) is 4.69. The summed E-state index contributed by atoms with van der Waals surface area (Å²) in [6, 6.07) is 16.0. The van der Waals surface area contributed by atoms with Crippen molar-refractivity contribution in [3.63, 3.8) is 0 Å². The van der Waals surface area contributed by atoms with Crippen LogP contribution >= 0.6 is 0 Å². The maximum atomic E-state index is 12.3. The van der Waals surface area contributed by atoms with Crippen LogP contribution in [0.5, 0.6) is 0 Å². The zero-order valence-corrected chi connectivity index (χ0v) is 15.6. The third kappa shape index (κ3) is 3.84. The molecule has 4 rings (SSSR count). The average molecular weight is 390 g/mol. The molecule has 9 nitrogen and oxygen atoms in total. The number of benzene rings is 2. The predicted molar refractivity (Wildman–Crippen MR) is 108 cm³/mol. The Bertz CT molecular complexity index is 1200. The van der Waals surface area contributed by atoms with E-state index in [0.717, 1.165) is 22.5 Å². The Balaban J connectivity index is 1.44. The molecule has 2 aromatic carbocycles. The Kier molecular flexibility index (Phi) is 4.78. The Hall–Kier alpha value is -4.01. The molecule has 2 aromatic heterocycles. The lowest BCUT2D eigenvalue weighted by atomic mass is 10.0. The summed E-state index contributed by atoms with van der Waals surface area (Å²) < 4.78 is 3.04. The summed E-state index contributed by atoms with van der Waals surface area (Å²) in [5.41, 5.74) is 1.34. The number of rotatable bonds is 6. The highest BCUT2D eigenvalue weighted by molar-refractivity contribution is 5.89. The van der Waals surface area contributed by atoms with Crippen molar-refractivity contribution in [2.75, 3.05) is 5.32 Å². The van der Waals surface area contributed by atoms with Gasteiger partial charge in [-0.3, -0.25) is 24.3 Å². The lowest BCUT2D eigenvalue weighted by Gasteiger charge is -2.07. The summed E-state index contributed by atoms with van der Waals surface area (Å²) in [6.07, 6.45) is 2.93. The van der Waals surface area contributed by atoms with E-state index in [2.05, 4.69) is 39.8 Å². The van der Waals surface area contributed by atoms with Gasteiger partial charge in [0, 0.05) is 12.3 Å². The molecule has 0 unspecified atom stereocenters. The number of nitrogens with zero attached hydrogens (tertiary/aromatic N) is 5. The van der Waals surface area contributed by atoms with E-state index in [1.54, 1.807) is 23.9 Å². The summed E-state index contributed by atoms with van der Waals surface area (Å²) in [7, 11) is 0. The SMILES string of the molecule is Cc1c([N+](=O)[O-])cnn1CC(=O)Nc1ccn(Cc2cccc3ccccc23)n1. The van der Waals surface area contributed by atoms with E-state index in [0.29, 0.717) is 18.1 Å². The number of carbonyl (C=O) groups excluding carboxylic acids is 1. The fourth-order valence-electron chi connectivity index (χ4n) is 3.21. The van der Waals surface area contributed by atoms with E-state index in [4.69, 9.17) is 0 Å². The molecule has 0 spiro atoms. The summed E-state index contributed by atoms with van der Waals surface area (Å²) >= 11 is 0. The number of amides is 1. The van der Waals surface area contributed by atoms with Crippen LogP contribution in [0.25, 0.3) is 10.8 Å². The minimum Gasteiger partial charge on any atom is -0.308 e. The van der Waals surface area contributed by atoms with Crippen LogP contribution in [0.3, 0.4) is 0 Å². The number of fused-ring (bicyclic) bond motifs is 1. The maximum absolute atomic E-state index is 12.3. The monoisotopic (exact) mass is 390 g/mol. The maximum Gasteiger partial charge on any atom is 0.309 e. The van der Waals surface area contributed by atoms with Crippen molar-refractivity contribution >= 4 is 28.2 Å². The molecule has 0 aliphatic heterocycles. The quantitative estimate of drug-likeness (QED) is 0.402. The second kappa shape index (κ2) is 7.55. The lowest BCUT2D eigenvalue weighted by Crippen LogP contribution is -2.20. The van der Waals surface area contributed by atoms with Crippen LogP contribution in [0.15, 0.2) is 60.9 Å². The molecule has 2 heterocycles. The first-order chi connectivity index (χ1) is 14.0. The molecule has 0 aliphatic carbocycles. The third-order valence-corrected chi connectivity index (χ3v) is 4.69. The van der Waals surface area contributed by atoms with Gasteiger partial charge in [-0.2, -0.15) is 10.2 Å². The number of carbonyl (C=O) groups is 1. The van der Waals surface area contributed by atoms with Crippen molar-refractivity contribution in [3.05, 3.63) is 82.3 Å². The van der Waals surface area contributed by atoms with E-state index in [1.165, 1.54) is 4.68 Å². The van der Waals surface area contributed by atoms with Crippen molar-refractivity contribution in [2.24, 2.45) is 0 Å². The molecule has 0 fully saturated rings. The molecule has 146 valence electrons. The first-order valence-electron chi connectivity index (χ1n) is 8.98. The summed E-state index contributed by atoms with van der Waals surface area (Å²) in [6.45, 7) is 1.99. The topological polar surface area (TPSA) is 108 Å². The zero-order valence-electron chi connectivity index (χ0n) is 15.6. The van der Waals surface area contributed by atoms with Crippen molar-refractivity contribution in [3.8, 4) is 0 Å². The highest BCUT2D eigenvalue weighted by Crippen LogP contribution is 2.20. The zero-order chi connectivity index (χ0) is 20.4. The van der Waals surface area contributed by atoms with Crippen molar-refractivity contribution in [1.82, 2.24) is 19.6 Å². The molecule has 4 aromatic rings. The first kappa shape index (κ1) is 18.4. The predicted octanol–water partition coefficient (Wildman–Crippen LogP) is 3.14.